The monoisotopic (exact) mass is 171 g/mol. The molecule has 0 aromatic carbocycles. The van der Waals surface area contributed by atoms with Crippen molar-refractivity contribution in [3.05, 3.63) is 6.92 Å². The normalized spacial score (nSPS) is 10.4. The molecule has 0 unspecified atom stereocenters. The third-order valence-corrected chi connectivity index (χ3v) is 2.07. The molecule has 0 aliphatic heterocycles. The van der Waals surface area contributed by atoms with Crippen LogP contribution in [0.4, 0.5) is 0 Å². The summed E-state index contributed by atoms with van der Waals surface area (Å²) in [5.74, 6) is -0.109. The van der Waals surface area contributed by atoms with Gasteiger partial charge in [0.05, 0.1) is 0 Å². The Kier molecular flexibility index (Phi) is 5.72. The van der Waals surface area contributed by atoms with E-state index in [9.17, 15) is 4.79 Å². The van der Waals surface area contributed by atoms with Crippen molar-refractivity contribution < 1.29 is 4.79 Å². The van der Waals surface area contributed by atoms with E-state index in [4.69, 9.17) is 0 Å². The maximum Gasteiger partial charge on any atom is 0.222 e. The Hall–Kier alpha value is -0.570. The van der Waals surface area contributed by atoms with Crippen LogP contribution >= 0.6 is 0 Å². The first kappa shape index (κ1) is 11.4. The summed E-state index contributed by atoms with van der Waals surface area (Å²) in [6.45, 7) is 11.4. The fourth-order valence-corrected chi connectivity index (χ4v) is 0.956. The Balaban J connectivity index is 3.58. The van der Waals surface area contributed by atoms with E-state index < -0.39 is 0 Å². The molecule has 0 saturated carbocycles. The highest BCUT2D eigenvalue weighted by molar-refractivity contribution is 5.79. The Morgan fingerprint density at radius 2 is 1.75 bits per heavy atom. The van der Waals surface area contributed by atoms with E-state index in [1.165, 1.54) is 0 Å². The molecule has 0 spiro atoms. The number of carbonyl (C=O) groups excluding carboxylic acids is 1. The van der Waals surface area contributed by atoms with Crippen LogP contribution < -0.4 is 0 Å². The smallest absolute Gasteiger partial charge is 0.222 e. The number of likely N-dealkylation sites (N-methyl/N-ethyl adjacent to an activating group) is 2. The lowest BCUT2D eigenvalue weighted by atomic mass is 10.4. The van der Waals surface area contributed by atoms with Crippen LogP contribution in [-0.2, 0) is 4.79 Å². The molecule has 1 radical (unpaired) electrons. The van der Waals surface area contributed by atoms with Gasteiger partial charge in [0.25, 0.3) is 0 Å². The molecular weight excluding hydrogens is 152 g/mol. The zero-order valence-corrected chi connectivity index (χ0v) is 8.34. The molecule has 0 aromatic rings. The van der Waals surface area contributed by atoms with Crippen molar-refractivity contribution in [2.45, 2.75) is 13.8 Å². The van der Waals surface area contributed by atoms with Crippen LogP contribution in [0.15, 0.2) is 0 Å². The quantitative estimate of drug-likeness (QED) is 0.605. The fraction of sp³-hybridized carbons (Fsp3) is 0.778. The van der Waals surface area contributed by atoms with Gasteiger partial charge < -0.3 is 9.80 Å². The number of hydrogen-bond donors (Lipinski definition) is 0. The fourth-order valence-electron chi connectivity index (χ4n) is 0.956. The van der Waals surface area contributed by atoms with E-state index in [1.54, 1.807) is 11.9 Å². The number of carbonyl (C=O) groups is 1. The zero-order valence-electron chi connectivity index (χ0n) is 8.34. The Morgan fingerprint density at radius 3 is 2.08 bits per heavy atom. The van der Waals surface area contributed by atoms with E-state index in [0.29, 0.717) is 0 Å². The molecule has 0 aliphatic rings. The van der Waals surface area contributed by atoms with Crippen LogP contribution in [0, 0.1) is 6.92 Å². The second-order valence-electron chi connectivity index (χ2n) is 2.84. The van der Waals surface area contributed by atoms with Crippen molar-refractivity contribution >= 4 is 5.91 Å². The molecule has 0 N–H and O–H groups in total. The average molecular weight is 171 g/mol. The van der Waals surface area contributed by atoms with Crippen LogP contribution in [0.2, 0.25) is 0 Å². The number of nitrogens with zero attached hydrogens (tertiary/aromatic N) is 2. The SMILES string of the molecule is [CH2]C(=O)N(C)CCN(CC)CC. The first-order valence-corrected chi connectivity index (χ1v) is 4.41. The highest BCUT2D eigenvalue weighted by atomic mass is 16.2. The van der Waals surface area contributed by atoms with Gasteiger partial charge in [0.2, 0.25) is 5.91 Å². The number of hydrogen-bond acceptors (Lipinski definition) is 2. The molecule has 3 heteroatoms. The van der Waals surface area contributed by atoms with Gasteiger partial charge >= 0.3 is 0 Å². The van der Waals surface area contributed by atoms with Crippen LogP contribution in [0.1, 0.15) is 13.8 Å². The topological polar surface area (TPSA) is 23.6 Å². The van der Waals surface area contributed by atoms with Gasteiger partial charge in [-0.05, 0) is 13.1 Å². The van der Waals surface area contributed by atoms with E-state index in [1.807, 2.05) is 0 Å². The van der Waals surface area contributed by atoms with Gasteiger partial charge in [-0.25, -0.2) is 0 Å². The van der Waals surface area contributed by atoms with Crippen LogP contribution in [-0.4, -0.2) is 48.9 Å². The van der Waals surface area contributed by atoms with Gasteiger partial charge in [0.1, 0.15) is 0 Å². The van der Waals surface area contributed by atoms with Gasteiger partial charge in [-0.3, -0.25) is 4.79 Å². The van der Waals surface area contributed by atoms with Gasteiger partial charge in [-0.2, -0.15) is 0 Å². The number of amides is 1. The van der Waals surface area contributed by atoms with Crippen LogP contribution in [0.25, 0.3) is 0 Å². The minimum absolute atomic E-state index is 0.109. The second kappa shape index (κ2) is 6.00. The molecule has 12 heavy (non-hydrogen) atoms. The first-order valence-electron chi connectivity index (χ1n) is 4.41. The van der Waals surface area contributed by atoms with Crippen molar-refractivity contribution in [2.24, 2.45) is 0 Å². The summed E-state index contributed by atoms with van der Waals surface area (Å²) in [7, 11) is 1.78. The van der Waals surface area contributed by atoms with Crippen LogP contribution in [0.3, 0.4) is 0 Å². The lowest BCUT2D eigenvalue weighted by Gasteiger charge is -2.22. The predicted octanol–water partition coefficient (Wildman–Crippen LogP) is 0.621. The third kappa shape index (κ3) is 4.34. The summed E-state index contributed by atoms with van der Waals surface area (Å²) < 4.78 is 0. The molecule has 0 fully saturated rings. The Labute approximate surface area is 75.3 Å². The first-order chi connectivity index (χ1) is 5.61. The van der Waals surface area contributed by atoms with E-state index in [2.05, 4.69) is 25.7 Å². The Bertz CT molecular complexity index is 132. The van der Waals surface area contributed by atoms with Gasteiger partial charge in [0, 0.05) is 27.1 Å². The highest BCUT2D eigenvalue weighted by Crippen LogP contribution is 1.89. The molecule has 0 bridgehead atoms. The highest BCUT2D eigenvalue weighted by Gasteiger charge is 2.04. The number of rotatable bonds is 5. The molecule has 71 valence electrons. The van der Waals surface area contributed by atoms with Crippen molar-refractivity contribution in [3.8, 4) is 0 Å². The van der Waals surface area contributed by atoms with Crippen molar-refractivity contribution in [1.29, 1.82) is 0 Å². The third-order valence-electron chi connectivity index (χ3n) is 2.07. The largest absolute Gasteiger partial charge is 0.344 e. The molecule has 0 atom stereocenters. The van der Waals surface area contributed by atoms with E-state index >= 15 is 0 Å². The standard InChI is InChI=1S/C9H19N2O/c1-5-11(6-2)8-7-10(4)9(3)12/h3,5-8H2,1-2,4H3. The van der Waals surface area contributed by atoms with Crippen LogP contribution in [0.5, 0.6) is 0 Å². The molecule has 0 saturated heterocycles. The summed E-state index contributed by atoms with van der Waals surface area (Å²) in [5, 5.41) is 0. The maximum absolute atomic E-state index is 10.7. The van der Waals surface area contributed by atoms with Crippen molar-refractivity contribution in [2.75, 3.05) is 33.2 Å². The minimum Gasteiger partial charge on any atom is -0.344 e. The summed E-state index contributed by atoms with van der Waals surface area (Å²) in [5.41, 5.74) is 0. The lowest BCUT2D eigenvalue weighted by Crippen LogP contribution is -2.35. The summed E-state index contributed by atoms with van der Waals surface area (Å²) >= 11 is 0. The molecule has 0 aromatic heterocycles. The molecule has 1 amide bonds. The van der Waals surface area contributed by atoms with Crippen molar-refractivity contribution in [1.82, 2.24) is 9.80 Å². The Morgan fingerprint density at radius 1 is 1.25 bits per heavy atom. The molecular formula is C9H19N2O. The van der Waals surface area contributed by atoms with Crippen molar-refractivity contribution in [3.63, 3.8) is 0 Å². The summed E-state index contributed by atoms with van der Waals surface area (Å²) in [6.07, 6.45) is 0. The molecule has 0 aliphatic carbocycles. The second-order valence-corrected chi connectivity index (χ2v) is 2.84. The van der Waals surface area contributed by atoms with Gasteiger partial charge in [-0.15, -0.1) is 0 Å². The van der Waals surface area contributed by atoms with E-state index in [0.717, 1.165) is 26.2 Å². The molecule has 3 nitrogen and oxygen atoms in total. The summed E-state index contributed by atoms with van der Waals surface area (Å²) in [4.78, 5) is 14.6. The average Bonchev–Trinajstić information content (AvgIpc) is 2.05. The zero-order chi connectivity index (χ0) is 9.56. The van der Waals surface area contributed by atoms with E-state index in [-0.39, 0.29) is 5.91 Å². The predicted molar refractivity (Wildman–Crippen MR) is 50.8 cm³/mol. The maximum atomic E-state index is 10.7. The van der Waals surface area contributed by atoms with Gasteiger partial charge in [0.15, 0.2) is 0 Å². The minimum atomic E-state index is -0.109. The molecule has 0 heterocycles. The van der Waals surface area contributed by atoms with Gasteiger partial charge in [-0.1, -0.05) is 13.8 Å². The molecule has 0 rings (SSSR count). The lowest BCUT2D eigenvalue weighted by molar-refractivity contribution is -0.125. The summed E-state index contributed by atoms with van der Waals surface area (Å²) in [6, 6.07) is 0.